The fraction of sp³-hybridized carbons (Fsp3) is 0.0870. The molecule has 136 valence electrons. The molecule has 5 heteroatoms. The second-order valence-electron chi connectivity index (χ2n) is 6.58. The van der Waals surface area contributed by atoms with Crippen molar-refractivity contribution in [1.82, 2.24) is 14.8 Å². The van der Waals surface area contributed by atoms with E-state index < -0.39 is 0 Å². The molecule has 1 N–H and O–H groups in total. The van der Waals surface area contributed by atoms with E-state index in [1.165, 1.54) is 0 Å². The smallest absolute Gasteiger partial charge is 0.128 e. The van der Waals surface area contributed by atoms with Gasteiger partial charge in [0.2, 0.25) is 0 Å². The van der Waals surface area contributed by atoms with Crippen molar-refractivity contribution in [1.29, 1.82) is 5.26 Å². The molecule has 4 rings (SSSR count). The molecule has 0 bridgehead atoms. The minimum atomic E-state index is 0.125. The molecule has 0 atom stereocenters. The monoisotopic (exact) mass is 366 g/mol. The molecule has 0 aliphatic heterocycles. The van der Waals surface area contributed by atoms with Gasteiger partial charge in [-0.3, -0.25) is 9.67 Å². The Balaban J connectivity index is 1.81. The summed E-state index contributed by atoms with van der Waals surface area (Å²) in [6, 6.07) is 21.5. The molecule has 28 heavy (non-hydrogen) atoms. The van der Waals surface area contributed by atoms with Crippen LogP contribution in [0, 0.1) is 18.3 Å². The number of aromatic hydroxyl groups is 1. The number of rotatable bonds is 4. The predicted octanol–water partition coefficient (Wildman–Crippen LogP) is 4.82. The first kappa shape index (κ1) is 17.5. The van der Waals surface area contributed by atoms with Gasteiger partial charge in [0.25, 0.3) is 0 Å². The highest BCUT2D eigenvalue weighted by atomic mass is 16.3. The van der Waals surface area contributed by atoms with E-state index in [4.69, 9.17) is 5.26 Å². The van der Waals surface area contributed by atoms with Crippen molar-refractivity contribution in [3.05, 3.63) is 78.6 Å². The van der Waals surface area contributed by atoms with Gasteiger partial charge in [-0.2, -0.15) is 10.4 Å². The Bertz CT molecular complexity index is 1140. The van der Waals surface area contributed by atoms with Gasteiger partial charge in [0.1, 0.15) is 12.3 Å². The van der Waals surface area contributed by atoms with E-state index in [0.717, 1.165) is 39.2 Å². The van der Waals surface area contributed by atoms with Crippen LogP contribution in [0.3, 0.4) is 0 Å². The van der Waals surface area contributed by atoms with E-state index in [1.807, 2.05) is 61.7 Å². The molecule has 0 amide bonds. The van der Waals surface area contributed by atoms with Gasteiger partial charge in [-0.25, -0.2) is 0 Å². The molecule has 0 radical (unpaired) electrons. The molecule has 2 aromatic carbocycles. The number of phenols is 1. The van der Waals surface area contributed by atoms with Crippen molar-refractivity contribution < 1.29 is 5.11 Å². The summed E-state index contributed by atoms with van der Waals surface area (Å²) < 4.78 is 1.65. The first-order chi connectivity index (χ1) is 13.7. The molecule has 0 saturated carbocycles. The van der Waals surface area contributed by atoms with Crippen LogP contribution in [0.4, 0.5) is 0 Å². The van der Waals surface area contributed by atoms with Crippen molar-refractivity contribution in [2.24, 2.45) is 0 Å². The third-order valence-corrected chi connectivity index (χ3v) is 4.54. The van der Waals surface area contributed by atoms with E-state index in [0.29, 0.717) is 0 Å². The van der Waals surface area contributed by atoms with Gasteiger partial charge in [0.05, 0.1) is 23.7 Å². The van der Waals surface area contributed by atoms with Crippen molar-refractivity contribution in [2.75, 3.05) is 0 Å². The van der Waals surface area contributed by atoms with Crippen molar-refractivity contribution in [3.63, 3.8) is 0 Å². The van der Waals surface area contributed by atoms with Crippen LogP contribution in [0.25, 0.3) is 33.6 Å². The average Bonchev–Trinajstić information content (AvgIpc) is 3.12. The van der Waals surface area contributed by atoms with Gasteiger partial charge in [-0.1, -0.05) is 36.4 Å². The lowest BCUT2D eigenvalue weighted by atomic mass is 10.0. The van der Waals surface area contributed by atoms with Crippen LogP contribution >= 0.6 is 0 Å². The first-order valence-electron chi connectivity index (χ1n) is 8.91. The maximum absolute atomic E-state index is 10.0. The summed E-state index contributed by atoms with van der Waals surface area (Å²) in [6.45, 7) is 2.05. The summed E-state index contributed by atoms with van der Waals surface area (Å²) in [7, 11) is 0. The first-order valence-corrected chi connectivity index (χ1v) is 8.91. The second-order valence-corrected chi connectivity index (χ2v) is 6.58. The van der Waals surface area contributed by atoms with Gasteiger partial charge in [0.15, 0.2) is 0 Å². The zero-order valence-corrected chi connectivity index (χ0v) is 15.4. The SMILES string of the molecule is Cc1cc(O)cc(-c2c(-c3ccc(-c4ccccc4)nc3)cnn2CC#N)c1. The molecule has 2 aromatic heterocycles. The Kier molecular flexibility index (Phi) is 4.61. The number of benzene rings is 2. The van der Waals surface area contributed by atoms with E-state index in [1.54, 1.807) is 23.0 Å². The van der Waals surface area contributed by atoms with E-state index in [2.05, 4.69) is 16.2 Å². The highest BCUT2D eigenvalue weighted by molar-refractivity contribution is 5.82. The third-order valence-electron chi connectivity index (χ3n) is 4.54. The van der Waals surface area contributed by atoms with Crippen molar-refractivity contribution >= 4 is 0 Å². The summed E-state index contributed by atoms with van der Waals surface area (Å²) in [5.41, 5.74) is 6.25. The summed E-state index contributed by atoms with van der Waals surface area (Å²) >= 11 is 0. The highest BCUT2D eigenvalue weighted by Gasteiger charge is 2.16. The van der Waals surface area contributed by atoms with E-state index >= 15 is 0 Å². The Labute approximate surface area is 163 Å². The Morgan fingerprint density at radius 2 is 1.79 bits per heavy atom. The van der Waals surface area contributed by atoms with Gasteiger partial charge in [-0.15, -0.1) is 0 Å². The molecular formula is C23H18N4O. The molecule has 0 spiro atoms. The van der Waals surface area contributed by atoms with Crippen LogP contribution in [0.15, 0.2) is 73.1 Å². The fourth-order valence-electron chi connectivity index (χ4n) is 3.32. The standard InChI is InChI=1S/C23H18N4O/c1-16-11-19(13-20(28)12-16)23-21(15-26-27(23)10-9-24)18-7-8-22(25-14-18)17-5-3-2-4-6-17/h2-8,11-15,28H,10H2,1H3. The van der Waals surface area contributed by atoms with Crippen molar-refractivity contribution in [3.8, 4) is 45.5 Å². The zero-order valence-electron chi connectivity index (χ0n) is 15.4. The largest absolute Gasteiger partial charge is 0.508 e. The van der Waals surface area contributed by atoms with E-state index in [9.17, 15) is 5.11 Å². The molecule has 4 aromatic rings. The quantitative estimate of drug-likeness (QED) is 0.562. The molecule has 0 unspecified atom stereocenters. The van der Waals surface area contributed by atoms with Crippen LogP contribution in [-0.2, 0) is 6.54 Å². The van der Waals surface area contributed by atoms with Gasteiger partial charge in [0, 0.05) is 28.5 Å². The maximum atomic E-state index is 10.0. The topological polar surface area (TPSA) is 74.7 Å². The highest BCUT2D eigenvalue weighted by Crippen LogP contribution is 2.34. The number of nitriles is 1. The molecule has 0 saturated heterocycles. The van der Waals surface area contributed by atoms with Gasteiger partial charge in [-0.05, 0) is 36.8 Å². The number of phenolic OH excluding ortho intramolecular Hbond substituents is 1. The minimum Gasteiger partial charge on any atom is -0.508 e. The summed E-state index contributed by atoms with van der Waals surface area (Å²) in [4.78, 5) is 4.60. The van der Waals surface area contributed by atoms with Crippen LogP contribution in [0.5, 0.6) is 5.75 Å². The number of pyridine rings is 1. The minimum absolute atomic E-state index is 0.125. The summed E-state index contributed by atoms with van der Waals surface area (Å²) in [5, 5.41) is 23.6. The Morgan fingerprint density at radius 3 is 2.46 bits per heavy atom. The molecule has 0 aliphatic carbocycles. The van der Waals surface area contributed by atoms with Crippen LogP contribution < -0.4 is 0 Å². The second kappa shape index (κ2) is 7.37. The third kappa shape index (κ3) is 3.36. The van der Waals surface area contributed by atoms with Gasteiger partial charge >= 0.3 is 0 Å². The maximum Gasteiger partial charge on any atom is 0.128 e. The number of aryl methyl sites for hydroxylation is 1. The Hall–Kier alpha value is -3.91. The number of aromatic nitrogens is 3. The lowest BCUT2D eigenvalue weighted by molar-refractivity contribution is 0.475. The number of hydrogen-bond donors (Lipinski definition) is 1. The van der Waals surface area contributed by atoms with Crippen LogP contribution in [-0.4, -0.2) is 19.9 Å². The number of nitrogens with zero attached hydrogens (tertiary/aromatic N) is 4. The van der Waals surface area contributed by atoms with Gasteiger partial charge < -0.3 is 5.11 Å². The summed E-state index contributed by atoms with van der Waals surface area (Å²) in [6.07, 6.45) is 3.56. The molecule has 0 fully saturated rings. The van der Waals surface area contributed by atoms with Crippen LogP contribution in [0.1, 0.15) is 5.56 Å². The molecule has 0 aliphatic rings. The van der Waals surface area contributed by atoms with E-state index in [-0.39, 0.29) is 12.3 Å². The molecule has 5 nitrogen and oxygen atoms in total. The predicted molar refractivity (Wildman–Crippen MR) is 108 cm³/mol. The lowest BCUT2D eigenvalue weighted by Crippen LogP contribution is -2.01. The van der Waals surface area contributed by atoms with Crippen LogP contribution in [0.2, 0.25) is 0 Å². The summed E-state index contributed by atoms with van der Waals surface area (Å²) in [5.74, 6) is 0.184. The number of hydrogen-bond acceptors (Lipinski definition) is 4. The fourth-order valence-corrected chi connectivity index (χ4v) is 3.32. The van der Waals surface area contributed by atoms with Crippen molar-refractivity contribution in [2.45, 2.75) is 13.5 Å². The zero-order chi connectivity index (χ0) is 19.5. The average molecular weight is 366 g/mol. The Morgan fingerprint density at radius 1 is 0.964 bits per heavy atom. The molecular weight excluding hydrogens is 348 g/mol. The molecule has 2 heterocycles. The normalized spacial score (nSPS) is 10.6. The lowest BCUT2D eigenvalue weighted by Gasteiger charge is -2.10.